The fourth-order valence-corrected chi connectivity index (χ4v) is 6.50. The minimum Gasteiger partial charge on any atom is -0.444 e. The number of carbonyl (C=O) groups excluding carboxylic acids is 2. The summed E-state index contributed by atoms with van der Waals surface area (Å²) in [6.45, 7) is 12.5. The van der Waals surface area contributed by atoms with E-state index in [9.17, 15) is 9.59 Å². The Morgan fingerprint density at radius 2 is 1.38 bits per heavy atom. The number of likely N-dealkylation sites (tertiary alicyclic amines) is 2. The monoisotopic (exact) mass is 654 g/mol. The number of imidazole rings is 2. The zero-order valence-corrected chi connectivity index (χ0v) is 28.3. The fraction of sp³-hybridized carbons (Fsp3) is 0.486. The second-order valence-electron chi connectivity index (χ2n) is 14.7. The lowest BCUT2D eigenvalue weighted by Gasteiger charge is -2.27. The molecule has 48 heavy (non-hydrogen) atoms. The number of aromatic nitrogens is 6. The largest absolute Gasteiger partial charge is 0.444 e. The van der Waals surface area contributed by atoms with Gasteiger partial charge in [0.15, 0.2) is 0 Å². The molecule has 13 nitrogen and oxygen atoms in total. The van der Waals surface area contributed by atoms with E-state index >= 15 is 0 Å². The van der Waals surface area contributed by atoms with Gasteiger partial charge in [0.2, 0.25) is 5.88 Å². The Morgan fingerprint density at radius 1 is 0.792 bits per heavy atom. The number of hydrogen-bond acceptors (Lipinski definition) is 9. The maximum atomic E-state index is 12.8. The van der Waals surface area contributed by atoms with Gasteiger partial charge in [-0.15, -0.1) is 10.2 Å². The van der Waals surface area contributed by atoms with Gasteiger partial charge in [-0.3, -0.25) is 9.80 Å². The summed E-state index contributed by atoms with van der Waals surface area (Å²) in [5.41, 5.74) is 3.94. The molecule has 0 radical (unpaired) electrons. The van der Waals surface area contributed by atoms with Crippen molar-refractivity contribution in [2.75, 3.05) is 13.1 Å². The molecule has 3 aliphatic heterocycles. The number of hydrogen-bond donors (Lipinski definition) is 2. The van der Waals surface area contributed by atoms with Crippen molar-refractivity contribution in [3.05, 3.63) is 59.4 Å². The van der Waals surface area contributed by atoms with E-state index in [0.717, 1.165) is 59.6 Å². The van der Waals surface area contributed by atoms with Crippen molar-refractivity contribution in [1.29, 1.82) is 0 Å². The van der Waals surface area contributed by atoms with E-state index in [1.165, 1.54) is 0 Å². The molecule has 4 aromatic rings. The summed E-state index contributed by atoms with van der Waals surface area (Å²) < 4.78 is 17.5. The first kappa shape index (κ1) is 31.6. The summed E-state index contributed by atoms with van der Waals surface area (Å²) in [5.74, 6) is 2.61. The normalized spacial score (nSPS) is 19.1. The fourth-order valence-electron chi connectivity index (χ4n) is 6.50. The average molecular weight is 655 g/mol. The SMILES string of the molecule is CC(C)(C)OC(=O)N1CCC[C@@H]1c1ncc(-c2cc3c(nn2)Oc2cc(-c4cnc([C@@H]5CCCN5C(=O)OC(C)(C)C)[nH]4)ccc2C3)[nH]1. The Hall–Kier alpha value is -4.94. The Bertz CT molecular complexity index is 1720. The molecular weight excluding hydrogens is 612 g/mol. The van der Waals surface area contributed by atoms with Crippen LogP contribution in [0.2, 0.25) is 0 Å². The molecule has 2 fully saturated rings. The van der Waals surface area contributed by atoms with Crippen molar-refractivity contribution in [2.45, 2.75) is 96.9 Å². The highest BCUT2D eigenvalue weighted by Crippen LogP contribution is 2.39. The predicted octanol–water partition coefficient (Wildman–Crippen LogP) is 7.10. The quantitative estimate of drug-likeness (QED) is 0.207. The highest BCUT2D eigenvalue weighted by molar-refractivity contribution is 5.70. The van der Waals surface area contributed by atoms with Gasteiger partial charge in [0.25, 0.3) is 0 Å². The summed E-state index contributed by atoms with van der Waals surface area (Å²) in [4.78, 5) is 45.2. The molecular formula is C35H42N8O5. The number of carbonyl (C=O) groups is 2. The molecule has 3 aromatic heterocycles. The Kier molecular flexibility index (Phi) is 7.87. The van der Waals surface area contributed by atoms with E-state index in [0.29, 0.717) is 42.7 Å². The molecule has 2 amide bonds. The van der Waals surface area contributed by atoms with Gasteiger partial charge in [-0.25, -0.2) is 19.6 Å². The molecule has 2 N–H and O–H groups in total. The van der Waals surface area contributed by atoms with Crippen LogP contribution < -0.4 is 4.74 Å². The number of H-pyrrole nitrogens is 2. The first-order chi connectivity index (χ1) is 22.8. The number of nitrogens with one attached hydrogen (secondary N) is 2. The summed E-state index contributed by atoms with van der Waals surface area (Å²) in [6.07, 6.45) is 6.91. The second-order valence-corrected chi connectivity index (χ2v) is 14.7. The van der Waals surface area contributed by atoms with E-state index in [1.807, 2.05) is 59.7 Å². The van der Waals surface area contributed by atoms with Gasteiger partial charge in [0, 0.05) is 30.6 Å². The molecule has 2 saturated heterocycles. The van der Waals surface area contributed by atoms with Crippen LogP contribution in [-0.4, -0.2) is 76.4 Å². The topological polar surface area (TPSA) is 151 Å². The minimum absolute atomic E-state index is 0.160. The third-order valence-electron chi connectivity index (χ3n) is 8.66. The van der Waals surface area contributed by atoms with E-state index in [4.69, 9.17) is 14.2 Å². The zero-order chi connectivity index (χ0) is 33.8. The molecule has 0 aliphatic carbocycles. The van der Waals surface area contributed by atoms with Gasteiger partial charge in [0.1, 0.15) is 34.3 Å². The summed E-state index contributed by atoms with van der Waals surface area (Å²) >= 11 is 0. The molecule has 13 heteroatoms. The maximum Gasteiger partial charge on any atom is 0.410 e. The van der Waals surface area contributed by atoms with E-state index in [1.54, 1.807) is 22.2 Å². The second kappa shape index (κ2) is 11.9. The van der Waals surface area contributed by atoms with Crippen molar-refractivity contribution < 1.29 is 23.8 Å². The third kappa shape index (κ3) is 6.45. The van der Waals surface area contributed by atoms with Crippen molar-refractivity contribution in [2.24, 2.45) is 0 Å². The Morgan fingerprint density at radius 3 is 1.98 bits per heavy atom. The van der Waals surface area contributed by atoms with Crippen LogP contribution in [0.4, 0.5) is 9.59 Å². The number of aromatic amines is 2. The van der Waals surface area contributed by atoms with Crippen molar-refractivity contribution in [3.8, 4) is 34.3 Å². The molecule has 7 rings (SSSR count). The molecule has 0 saturated carbocycles. The van der Waals surface area contributed by atoms with Gasteiger partial charge in [-0.05, 0) is 84.9 Å². The minimum atomic E-state index is -0.565. The van der Waals surface area contributed by atoms with E-state index < -0.39 is 11.2 Å². The van der Waals surface area contributed by atoms with Crippen molar-refractivity contribution in [1.82, 2.24) is 39.9 Å². The predicted molar refractivity (Wildman–Crippen MR) is 176 cm³/mol. The highest BCUT2D eigenvalue weighted by atomic mass is 16.6. The summed E-state index contributed by atoms with van der Waals surface area (Å²) in [6, 6.07) is 7.69. The molecule has 1 aromatic carbocycles. The maximum absolute atomic E-state index is 12.8. The van der Waals surface area contributed by atoms with Crippen LogP contribution in [-0.2, 0) is 15.9 Å². The third-order valence-corrected chi connectivity index (χ3v) is 8.66. The van der Waals surface area contributed by atoms with Crippen LogP contribution in [0.1, 0.15) is 102 Å². The van der Waals surface area contributed by atoms with Crippen molar-refractivity contribution >= 4 is 12.2 Å². The molecule has 3 aliphatic rings. The first-order valence-corrected chi connectivity index (χ1v) is 16.6. The zero-order valence-electron chi connectivity index (χ0n) is 28.3. The van der Waals surface area contributed by atoms with Gasteiger partial charge in [-0.1, -0.05) is 12.1 Å². The summed E-state index contributed by atoms with van der Waals surface area (Å²) in [7, 11) is 0. The van der Waals surface area contributed by atoms with Gasteiger partial charge >= 0.3 is 12.2 Å². The lowest BCUT2D eigenvalue weighted by Crippen LogP contribution is -2.36. The van der Waals surface area contributed by atoms with E-state index in [-0.39, 0.29) is 24.3 Å². The van der Waals surface area contributed by atoms with Gasteiger partial charge in [0.05, 0.1) is 35.9 Å². The van der Waals surface area contributed by atoms with Crippen LogP contribution in [0, 0.1) is 0 Å². The smallest absolute Gasteiger partial charge is 0.410 e. The molecule has 2 atom stereocenters. The number of benzene rings is 1. The standard InChI is InChI=1S/C35H42N8O5/c1-34(2,3)47-32(44)42-13-7-9-26(42)29-36-18-24(38-29)20-11-12-21-15-22-16-23(40-41-31(22)46-28(21)17-20)25-19-37-30(39-25)27-10-8-14-43(27)33(45)48-35(4,5)6/h11-12,16-19,26-27H,7-10,13-15H2,1-6H3,(H,36,38)(H,37,39)/t26-,27+/m0/s1. The molecule has 6 heterocycles. The Balaban J connectivity index is 1.05. The number of nitrogens with zero attached hydrogens (tertiary/aromatic N) is 6. The Labute approximate surface area is 279 Å². The summed E-state index contributed by atoms with van der Waals surface area (Å²) in [5, 5.41) is 8.86. The number of rotatable bonds is 4. The molecule has 252 valence electrons. The van der Waals surface area contributed by atoms with Gasteiger partial charge < -0.3 is 24.2 Å². The lowest BCUT2D eigenvalue weighted by molar-refractivity contribution is 0.0208. The molecule has 0 spiro atoms. The first-order valence-electron chi connectivity index (χ1n) is 16.6. The molecule has 0 bridgehead atoms. The number of fused-ring (bicyclic) bond motifs is 2. The van der Waals surface area contributed by atoms with Crippen LogP contribution in [0.5, 0.6) is 11.6 Å². The number of ether oxygens (including phenoxy) is 3. The van der Waals surface area contributed by atoms with E-state index in [2.05, 4.69) is 36.2 Å². The van der Waals surface area contributed by atoms with Gasteiger partial charge in [-0.2, -0.15) is 0 Å². The lowest BCUT2D eigenvalue weighted by atomic mass is 9.99. The van der Waals surface area contributed by atoms with Crippen LogP contribution in [0.25, 0.3) is 22.6 Å². The average Bonchev–Trinajstić information content (AvgIpc) is 3.83. The van der Waals surface area contributed by atoms with Crippen molar-refractivity contribution in [3.63, 3.8) is 0 Å². The number of amides is 2. The van der Waals surface area contributed by atoms with Crippen LogP contribution >= 0.6 is 0 Å². The van der Waals surface area contributed by atoms with Crippen LogP contribution in [0.3, 0.4) is 0 Å². The van der Waals surface area contributed by atoms with Crippen LogP contribution in [0.15, 0.2) is 36.7 Å². The highest BCUT2D eigenvalue weighted by Gasteiger charge is 2.36. The molecule has 0 unspecified atom stereocenters.